The van der Waals surface area contributed by atoms with Gasteiger partial charge in [0.15, 0.2) is 0 Å². The Balaban J connectivity index is 1.54. The van der Waals surface area contributed by atoms with Crippen molar-refractivity contribution in [1.82, 2.24) is 4.90 Å². The van der Waals surface area contributed by atoms with Crippen LogP contribution in [0, 0.1) is 11.8 Å². The normalized spacial score (nSPS) is 37.2. The molecule has 0 aromatic heterocycles. The molecule has 0 amide bonds. The predicted molar refractivity (Wildman–Crippen MR) is 76.5 cm³/mol. The first kappa shape index (κ1) is 12.9. The average Bonchev–Trinajstić information content (AvgIpc) is 2.39. The van der Waals surface area contributed by atoms with E-state index in [1.54, 1.807) is 0 Å². The van der Waals surface area contributed by atoms with Gasteiger partial charge in [-0.3, -0.25) is 0 Å². The smallest absolute Gasteiger partial charge is 0.0283 e. The molecule has 0 aromatic carbocycles. The number of fused-ring (bicyclic) bond motifs is 1. The summed E-state index contributed by atoms with van der Waals surface area (Å²) in [5, 5.41) is 0. The number of hydrogen-bond acceptors (Lipinski definition) is 2. The molecule has 2 atom stereocenters. The van der Waals surface area contributed by atoms with E-state index in [1.165, 1.54) is 83.8 Å². The Labute approximate surface area is 112 Å². The lowest BCUT2D eigenvalue weighted by Gasteiger charge is -2.45. The molecule has 1 heterocycles. The van der Waals surface area contributed by atoms with Gasteiger partial charge in [-0.15, -0.1) is 0 Å². The van der Waals surface area contributed by atoms with Crippen molar-refractivity contribution in [2.24, 2.45) is 17.6 Å². The van der Waals surface area contributed by atoms with Crippen LogP contribution in [-0.4, -0.2) is 30.1 Å². The maximum Gasteiger partial charge on any atom is 0.0283 e. The van der Waals surface area contributed by atoms with Crippen molar-refractivity contribution in [1.29, 1.82) is 0 Å². The second kappa shape index (κ2) is 5.50. The van der Waals surface area contributed by atoms with E-state index in [4.69, 9.17) is 5.73 Å². The highest BCUT2D eigenvalue weighted by Gasteiger charge is 2.35. The van der Waals surface area contributed by atoms with Gasteiger partial charge in [-0.1, -0.05) is 38.5 Å². The molecular weight excluding hydrogens is 220 g/mol. The summed E-state index contributed by atoms with van der Waals surface area (Å²) in [6.07, 6.45) is 14.0. The SMILES string of the molecule is NC1(CN2CC[C@@H]3CCCC[C@H]3C2)CCCCC1. The molecule has 2 heteroatoms. The molecule has 3 rings (SSSR count). The van der Waals surface area contributed by atoms with Gasteiger partial charge in [0.25, 0.3) is 0 Å². The Bertz CT molecular complexity index is 270. The van der Waals surface area contributed by atoms with E-state index in [0.29, 0.717) is 0 Å². The van der Waals surface area contributed by atoms with Gasteiger partial charge in [-0.05, 0) is 44.1 Å². The summed E-state index contributed by atoms with van der Waals surface area (Å²) in [7, 11) is 0. The third-order valence-electron chi connectivity index (χ3n) is 5.76. The highest BCUT2D eigenvalue weighted by Crippen LogP contribution is 2.37. The third-order valence-corrected chi connectivity index (χ3v) is 5.76. The fourth-order valence-corrected chi connectivity index (χ4v) is 4.68. The summed E-state index contributed by atoms with van der Waals surface area (Å²) >= 11 is 0. The van der Waals surface area contributed by atoms with Crippen molar-refractivity contribution in [3.63, 3.8) is 0 Å². The molecule has 0 radical (unpaired) electrons. The van der Waals surface area contributed by atoms with Gasteiger partial charge in [-0.2, -0.15) is 0 Å². The molecule has 18 heavy (non-hydrogen) atoms. The minimum Gasteiger partial charge on any atom is -0.324 e. The fraction of sp³-hybridized carbons (Fsp3) is 1.00. The van der Waals surface area contributed by atoms with E-state index < -0.39 is 0 Å². The van der Waals surface area contributed by atoms with Crippen LogP contribution in [0.5, 0.6) is 0 Å². The lowest BCUT2D eigenvalue weighted by Crippen LogP contribution is -2.54. The Hall–Kier alpha value is -0.0800. The molecular formula is C16H30N2. The van der Waals surface area contributed by atoms with Crippen molar-refractivity contribution in [2.75, 3.05) is 19.6 Å². The van der Waals surface area contributed by atoms with Crippen molar-refractivity contribution in [3.05, 3.63) is 0 Å². The quantitative estimate of drug-likeness (QED) is 0.815. The fourth-order valence-electron chi connectivity index (χ4n) is 4.68. The minimum absolute atomic E-state index is 0.153. The monoisotopic (exact) mass is 250 g/mol. The highest BCUT2D eigenvalue weighted by molar-refractivity contribution is 4.93. The first-order chi connectivity index (χ1) is 8.75. The molecule has 1 aliphatic heterocycles. The van der Waals surface area contributed by atoms with E-state index >= 15 is 0 Å². The van der Waals surface area contributed by atoms with Gasteiger partial charge in [0.1, 0.15) is 0 Å². The molecule has 2 N–H and O–H groups in total. The van der Waals surface area contributed by atoms with Crippen molar-refractivity contribution < 1.29 is 0 Å². The predicted octanol–water partition coefficient (Wildman–Crippen LogP) is 3.16. The van der Waals surface area contributed by atoms with Crippen LogP contribution < -0.4 is 5.73 Å². The zero-order valence-corrected chi connectivity index (χ0v) is 11.9. The van der Waals surface area contributed by atoms with E-state index in [9.17, 15) is 0 Å². The van der Waals surface area contributed by atoms with Gasteiger partial charge in [0, 0.05) is 18.6 Å². The maximum absolute atomic E-state index is 6.62. The van der Waals surface area contributed by atoms with Gasteiger partial charge < -0.3 is 10.6 Å². The zero-order valence-electron chi connectivity index (χ0n) is 11.9. The maximum atomic E-state index is 6.62. The van der Waals surface area contributed by atoms with Crippen LogP contribution in [0.15, 0.2) is 0 Å². The molecule has 0 aromatic rings. The molecule has 1 saturated heterocycles. The summed E-state index contributed by atoms with van der Waals surface area (Å²) in [5.41, 5.74) is 6.77. The van der Waals surface area contributed by atoms with Crippen LogP contribution in [0.3, 0.4) is 0 Å². The Morgan fingerprint density at radius 2 is 1.61 bits per heavy atom. The van der Waals surface area contributed by atoms with Crippen LogP contribution in [0.25, 0.3) is 0 Å². The topological polar surface area (TPSA) is 29.3 Å². The molecule has 0 bridgehead atoms. The molecule has 0 unspecified atom stereocenters. The van der Waals surface area contributed by atoms with Gasteiger partial charge in [0.05, 0.1) is 0 Å². The van der Waals surface area contributed by atoms with Gasteiger partial charge >= 0.3 is 0 Å². The summed E-state index contributed by atoms with van der Waals surface area (Å²) in [6.45, 7) is 3.85. The summed E-state index contributed by atoms with van der Waals surface area (Å²) in [6, 6.07) is 0. The number of rotatable bonds is 2. The Morgan fingerprint density at radius 1 is 0.889 bits per heavy atom. The molecule has 3 fully saturated rings. The lowest BCUT2D eigenvalue weighted by molar-refractivity contribution is 0.0631. The minimum atomic E-state index is 0.153. The third kappa shape index (κ3) is 2.91. The highest BCUT2D eigenvalue weighted by atomic mass is 15.2. The zero-order chi connectivity index (χ0) is 12.4. The summed E-state index contributed by atoms with van der Waals surface area (Å²) in [4.78, 5) is 2.71. The average molecular weight is 250 g/mol. The number of nitrogens with two attached hydrogens (primary N) is 1. The molecule has 2 saturated carbocycles. The van der Waals surface area contributed by atoms with Crippen LogP contribution in [-0.2, 0) is 0 Å². The number of piperidine rings is 1. The molecule has 3 aliphatic rings. The van der Waals surface area contributed by atoms with Crippen LogP contribution in [0.2, 0.25) is 0 Å². The molecule has 2 aliphatic carbocycles. The van der Waals surface area contributed by atoms with E-state index in [2.05, 4.69) is 4.90 Å². The van der Waals surface area contributed by atoms with E-state index in [1.807, 2.05) is 0 Å². The van der Waals surface area contributed by atoms with Crippen LogP contribution in [0.1, 0.15) is 64.2 Å². The number of nitrogens with zero attached hydrogens (tertiary/aromatic N) is 1. The standard InChI is InChI=1S/C16H30N2/c17-16(9-4-1-5-10-16)13-18-11-8-14-6-2-3-7-15(14)12-18/h14-15H,1-13,17H2/t14-,15-/m0/s1. The Kier molecular flexibility index (Phi) is 3.95. The summed E-state index contributed by atoms with van der Waals surface area (Å²) in [5.74, 6) is 2.05. The van der Waals surface area contributed by atoms with Gasteiger partial charge in [-0.25, -0.2) is 0 Å². The first-order valence-corrected chi connectivity index (χ1v) is 8.26. The van der Waals surface area contributed by atoms with E-state index in [-0.39, 0.29) is 5.54 Å². The lowest BCUT2D eigenvalue weighted by atomic mass is 9.74. The second-order valence-corrected chi connectivity index (χ2v) is 7.25. The van der Waals surface area contributed by atoms with Gasteiger partial charge in [0.2, 0.25) is 0 Å². The number of likely N-dealkylation sites (tertiary alicyclic amines) is 1. The van der Waals surface area contributed by atoms with Crippen LogP contribution >= 0.6 is 0 Å². The largest absolute Gasteiger partial charge is 0.324 e. The summed E-state index contributed by atoms with van der Waals surface area (Å²) < 4.78 is 0. The Morgan fingerprint density at radius 3 is 2.39 bits per heavy atom. The van der Waals surface area contributed by atoms with Crippen molar-refractivity contribution in [3.8, 4) is 0 Å². The molecule has 104 valence electrons. The van der Waals surface area contributed by atoms with Crippen LogP contribution in [0.4, 0.5) is 0 Å². The van der Waals surface area contributed by atoms with E-state index in [0.717, 1.165) is 11.8 Å². The first-order valence-electron chi connectivity index (χ1n) is 8.26. The second-order valence-electron chi connectivity index (χ2n) is 7.25. The van der Waals surface area contributed by atoms with Crippen molar-refractivity contribution >= 4 is 0 Å². The van der Waals surface area contributed by atoms with Crippen molar-refractivity contribution in [2.45, 2.75) is 69.7 Å². The molecule has 0 spiro atoms. The number of hydrogen-bond donors (Lipinski definition) is 1. The molecule has 2 nitrogen and oxygen atoms in total.